The van der Waals surface area contributed by atoms with Gasteiger partial charge in [-0.1, -0.05) is 267 Å². The van der Waals surface area contributed by atoms with E-state index in [2.05, 4.69) is 382 Å². The van der Waals surface area contributed by atoms with Crippen LogP contribution < -0.4 is 0 Å². The number of fused-ring (bicyclic) bond motifs is 20. The van der Waals surface area contributed by atoms with E-state index in [1.807, 2.05) is 0 Å². The monoisotopic (exact) mass is 1400 g/mol. The molecule has 110 heavy (non-hydrogen) atoms. The van der Waals surface area contributed by atoms with Gasteiger partial charge in [-0.15, -0.1) is 0 Å². The maximum atomic E-state index is 5.88. The summed E-state index contributed by atoms with van der Waals surface area (Å²) < 4.78 is 9.28. The topological polar surface area (TPSA) is 96.0 Å². The van der Waals surface area contributed by atoms with Crippen LogP contribution in [-0.2, 0) is 0 Å². The number of hydrogen-bond acceptors (Lipinski definition) is 6. The molecule has 0 unspecified atom stereocenters. The van der Waals surface area contributed by atoms with Gasteiger partial charge in [-0.3, -0.25) is 17.9 Å². The van der Waals surface area contributed by atoms with Crippen molar-refractivity contribution in [2.45, 2.75) is 0 Å². The Morgan fingerprint density at radius 1 is 0.182 bits per heavy atom. The molecule has 0 atom stereocenters. The number of para-hydroxylation sites is 7. The quantitative estimate of drug-likeness (QED) is 0.135. The second kappa shape index (κ2) is 24.3. The lowest BCUT2D eigenvalue weighted by atomic mass is 9.93. The second-order valence-electron chi connectivity index (χ2n) is 28.5. The molecule has 510 valence electrons. The highest BCUT2D eigenvalue weighted by atomic mass is 15.2. The highest BCUT2D eigenvalue weighted by molar-refractivity contribution is 6.24. The predicted molar refractivity (Wildman–Crippen MR) is 452 cm³/mol. The van der Waals surface area contributed by atoms with Crippen LogP contribution in [0.3, 0.4) is 0 Å². The SMILES string of the molecule is c1ccc(-c2cc(-c3ccc(-c4cc5c6ccccc6n(-c6nc7cccc(-c8cccc(-c9cc(-c%10cc%11c%12ccccc%12n(-c%12nc%13ccccc%13c%13nc%14ccccc%14n%12%13)c%11c%11ccccc%10%11)cc(-c%10ccccc%10)n9)c8)c7c7nc8ccccc8n67)c5c5ccccc45)cc3)cc(-c3ccccc3)n2)cc1. The molecule has 0 aliphatic rings. The molecule has 0 aliphatic carbocycles. The number of imidazole rings is 2. The van der Waals surface area contributed by atoms with Crippen molar-refractivity contribution in [1.82, 2.24) is 47.8 Å². The Morgan fingerprint density at radius 2 is 0.564 bits per heavy atom. The van der Waals surface area contributed by atoms with Crippen LogP contribution in [0.2, 0.25) is 0 Å². The fourth-order valence-electron chi connectivity index (χ4n) is 17.3. The van der Waals surface area contributed by atoms with E-state index in [1.54, 1.807) is 0 Å². The lowest BCUT2D eigenvalue weighted by Crippen LogP contribution is -2.07. The molecule has 0 bridgehead atoms. The summed E-state index contributed by atoms with van der Waals surface area (Å²) in [5.74, 6) is 1.53. The standard InChI is InChI=1S/C100H60N10/c1-4-26-63(27-5-1)86-55-68(56-87(101-86)64-28-6-2-7-29-64)61-50-52-62(53-51-61)78-59-80-73-36-15-21-47-91(73)108(95(80)75-38-12-10-34-71(75)78)100-106-85-45-25-41-70(94(85)98-104-84-44-19-23-49-93(84)110(98)100)66-32-24-33-67(54-66)89-58-69(57-88(102-89)65-30-8-3-9-31-65)79-60-81-74-37-16-20-46-90(74)107(96(81)76-39-13-11-35-72(76)79)99-105-82-42-17-14-40-77(82)97-103-83-43-18-22-48-92(83)109(97)99/h1-60H. The number of pyridine rings is 2. The molecule has 23 aromatic rings. The van der Waals surface area contributed by atoms with Crippen LogP contribution in [0.4, 0.5) is 0 Å². The molecule has 0 amide bonds. The van der Waals surface area contributed by atoms with Crippen molar-refractivity contribution in [3.63, 3.8) is 0 Å². The third kappa shape index (κ3) is 9.49. The van der Waals surface area contributed by atoms with Crippen molar-refractivity contribution in [3.8, 4) is 101 Å². The van der Waals surface area contributed by atoms with Gasteiger partial charge in [0.05, 0.1) is 83.3 Å². The van der Waals surface area contributed by atoms with Crippen molar-refractivity contribution < 1.29 is 0 Å². The average molecular weight is 1400 g/mol. The predicted octanol–water partition coefficient (Wildman–Crippen LogP) is 25.0. The van der Waals surface area contributed by atoms with Crippen molar-refractivity contribution in [2.24, 2.45) is 0 Å². The van der Waals surface area contributed by atoms with Crippen molar-refractivity contribution in [2.75, 3.05) is 0 Å². The Hall–Kier alpha value is -15.0. The third-order valence-corrected chi connectivity index (χ3v) is 22.3. The zero-order valence-electron chi connectivity index (χ0n) is 59.1. The van der Waals surface area contributed by atoms with Crippen LogP contribution in [0.15, 0.2) is 364 Å². The molecule has 15 aromatic carbocycles. The van der Waals surface area contributed by atoms with Crippen molar-refractivity contribution in [3.05, 3.63) is 364 Å². The smallest absolute Gasteiger partial charge is 0.221 e. The van der Waals surface area contributed by atoms with Gasteiger partial charge in [0.15, 0.2) is 5.65 Å². The largest absolute Gasteiger partial charge is 0.278 e. The van der Waals surface area contributed by atoms with Gasteiger partial charge in [-0.05, 0) is 152 Å². The van der Waals surface area contributed by atoms with Crippen LogP contribution in [0.25, 0.3) is 222 Å². The highest BCUT2D eigenvalue weighted by Gasteiger charge is 2.27. The molecule has 23 rings (SSSR count). The molecular formula is C100H60N10. The van der Waals surface area contributed by atoms with E-state index in [0.29, 0.717) is 0 Å². The minimum absolute atomic E-state index is 0.752. The van der Waals surface area contributed by atoms with E-state index in [4.69, 9.17) is 29.9 Å². The highest BCUT2D eigenvalue weighted by Crippen LogP contribution is 2.47. The van der Waals surface area contributed by atoms with Crippen LogP contribution >= 0.6 is 0 Å². The number of aromatic nitrogens is 10. The van der Waals surface area contributed by atoms with Gasteiger partial charge < -0.3 is 0 Å². The summed E-state index contributed by atoms with van der Waals surface area (Å²) in [6, 6.07) is 130. The number of nitrogens with zero attached hydrogens (tertiary/aromatic N) is 10. The van der Waals surface area contributed by atoms with Gasteiger partial charge in [0, 0.05) is 60.0 Å². The normalized spacial score (nSPS) is 12.0. The Balaban J connectivity index is 0.679. The van der Waals surface area contributed by atoms with Crippen LogP contribution in [0.1, 0.15) is 0 Å². The molecule has 8 heterocycles. The van der Waals surface area contributed by atoms with E-state index in [1.165, 1.54) is 0 Å². The fraction of sp³-hybridized carbons (Fsp3) is 0. The first-order valence-electron chi connectivity index (χ1n) is 37.2. The number of hydrogen-bond donors (Lipinski definition) is 0. The second-order valence-corrected chi connectivity index (χ2v) is 28.5. The summed E-state index contributed by atoms with van der Waals surface area (Å²) in [7, 11) is 0. The first-order chi connectivity index (χ1) is 54.5. The van der Waals surface area contributed by atoms with Gasteiger partial charge in [0.25, 0.3) is 0 Å². The molecule has 0 saturated heterocycles. The van der Waals surface area contributed by atoms with Gasteiger partial charge in [0.2, 0.25) is 11.9 Å². The number of benzene rings is 15. The molecule has 10 heteroatoms. The summed E-state index contributed by atoms with van der Waals surface area (Å²) in [5.41, 5.74) is 27.8. The van der Waals surface area contributed by atoms with Gasteiger partial charge >= 0.3 is 0 Å². The van der Waals surface area contributed by atoms with Crippen molar-refractivity contribution in [1.29, 1.82) is 0 Å². The zero-order valence-corrected chi connectivity index (χ0v) is 59.1. The lowest BCUT2D eigenvalue weighted by molar-refractivity contribution is 0.981. The summed E-state index contributed by atoms with van der Waals surface area (Å²) in [4.78, 5) is 33.1. The molecule has 10 nitrogen and oxygen atoms in total. The van der Waals surface area contributed by atoms with Crippen LogP contribution in [0.5, 0.6) is 0 Å². The van der Waals surface area contributed by atoms with Gasteiger partial charge in [0.1, 0.15) is 5.65 Å². The number of rotatable bonds is 10. The van der Waals surface area contributed by atoms with E-state index in [-0.39, 0.29) is 0 Å². The minimum Gasteiger partial charge on any atom is -0.278 e. The van der Waals surface area contributed by atoms with E-state index in [0.717, 1.165) is 222 Å². The summed E-state index contributed by atoms with van der Waals surface area (Å²) in [6.45, 7) is 0. The molecule has 0 saturated carbocycles. The van der Waals surface area contributed by atoms with E-state index in [9.17, 15) is 0 Å². The lowest BCUT2D eigenvalue weighted by Gasteiger charge is -2.17. The Labute approximate surface area is 629 Å². The minimum atomic E-state index is 0.752. The Bertz CT molecular complexity index is 7710. The molecule has 0 fully saturated rings. The fourth-order valence-corrected chi connectivity index (χ4v) is 17.3. The first-order valence-corrected chi connectivity index (χ1v) is 37.2. The van der Waals surface area contributed by atoms with Crippen molar-refractivity contribution >= 4 is 120 Å². The maximum Gasteiger partial charge on any atom is 0.221 e. The van der Waals surface area contributed by atoms with Gasteiger partial charge in [-0.2, -0.15) is 0 Å². The third-order valence-electron chi connectivity index (χ3n) is 22.3. The first kappa shape index (κ1) is 61.3. The van der Waals surface area contributed by atoms with Crippen LogP contribution in [-0.4, -0.2) is 47.8 Å². The maximum absolute atomic E-state index is 5.88. The van der Waals surface area contributed by atoms with E-state index < -0.39 is 0 Å². The average Bonchev–Trinajstić information content (AvgIpc) is 1.56. The van der Waals surface area contributed by atoms with E-state index >= 15 is 0 Å². The molecule has 0 radical (unpaired) electrons. The molecule has 0 aliphatic heterocycles. The summed E-state index contributed by atoms with van der Waals surface area (Å²) in [5, 5.41) is 10.9. The Morgan fingerprint density at radius 3 is 1.12 bits per heavy atom. The molecule has 8 aromatic heterocycles. The van der Waals surface area contributed by atoms with Crippen LogP contribution in [0, 0.1) is 0 Å². The zero-order chi connectivity index (χ0) is 72.1. The summed E-state index contributed by atoms with van der Waals surface area (Å²) >= 11 is 0. The molecule has 0 N–H and O–H groups in total. The molecule has 0 spiro atoms. The Kier molecular flexibility index (Phi) is 13.5. The van der Waals surface area contributed by atoms with Gasteiger partial charge in [-0.25, -0.2) is 29.9 Å². The molecular weight excluding hydrogens is 1340 g/mol. The summed E-state index contributed by atoms with van der Waals surface area (Å²) in [6.07, 6.45) is 0.